The molecular weight excluding hydrogens is 378 g/mol. The van der Waals surface area contributed by atoms with E-state index in [9.17, 15) is 14.9 Å². The van der Waals surface area contributed by atoms with Gasteiger partial charge in [0.25, 0.3) is 5.69 Å². The summed E-state index contributed by atoms with van der Waals surface area (Å²) in [7, 11) is 0. The number of hydrogen-bond acceptors (Lipinski definition) is 7. The maximum atomic E-state index is 12.3. The van der Waals surface area contributed by atoms with Gasteiger partial charge in [-0.2, -0.15) is 0 Å². The topological polar surface area (TPSA) is 69.4 Å². The van der Waals surface area contributed by atoms with Crippen LogP contribution < -0.4 is 4.74 Å². The Hall–Kier alpha value is -1.64. The summed E-state index contributed by atoms with van der Waals surface area (Å²) >= 11 is 5.08. The molecule has 0 unspecified atom stereocenters. The van der Waals surface area contributed by atoms with Gasteiger partial charge in [0.15, 0.2) is 0 Å². The van der Waals surface area contributed by atoms with Crippen LogP contribution in [-0.2, 0) is 0 Å². The lowest BCUT2D eigenvalue weighted by Gasteiger charge is -2.10. The summed E-state index contributed by atoms with van der Waals surface area (Å²) in [5.41, 5.74) is 1.27. The third kappa shape index (κ3) is 4.31. The Bertz CT molecular complexity index is 789. The van der Waals surface area contributed by atoms with Gasteiger partial charge in [-0.1, -0.05) is 12.1 Å². The van der Waals surface area contributed by atoms with E-state index in [1.807, 2.05) is 35.7 Å². The summed E-state index contributed by atoms with van der Waals surface area (Å²) in [6.07, 6.45) is 1.75. The average molecular weight is 394 g/mol. The third-order valence-corrected chi connectivity index (χ3v) is 7.49. The summed E-state index contributed by atoms with van der Waals surface area (Å²) in [5.74, 6) is 2.12. The van der Waals surface area contributed by atoms with Crippen molar-refractivity contribution in [3.8, 4) is 5.75 Å². The van der Waals surface area contributed by atoms with Crippen LogP contribution in [0.4, 0.5) is 5.69 Å². The fraction of sp³-hybridized carbons (Fsp3) is 0.235. The fourth-order valence-electron chi connectivity index (χ4n) is 2.37. The maximum Gasteiger partial charge on any atom is 0.343 e. The molecule has 0 amide bonds. The van der Waals surface area contributed by atoms with Gasteiger partial charge in [-0.05, 0) is 36.1 Å². The lowest BCUT2D eigenvalue weighted by molar-refractivity contribution is -0.387. The van der Waals surface area contributed by atoms with E-state index in [4.69, 9.17) is 4.74 Å². The second-order valence-corrected chi connectivity index (χ2v) is 8.75. The van der Waals surface area contributed by atoms with Crippen molar-refractivity contribution in [2.45, 2.75) is 9.48 Å². The predicted octanol–water partition coefficient (Wildman–Crippen LogP) is 5.01. The zero-order valence-corrected chi connectivity index (χ0v) is 15.8. The standard InChI is InChI=1S/C17H15NO4S3/c1-23-15-7-4-12(10-14(15)18(20)21)16(19)22-13-5-2-11(3-6-13)17-24-8-9-25-17/h2-7,10,17H,8-9H2,1H3. The van der Waals surface area contributed by atoms with Crippen molar-refractivity contribution < 1.29 is 14.5 Å². The maximum absolute atomic E-state index is 12.3. The number of carbonyl (C=O) groups excluding carboxylic acids is 1. The van der Waals surface area contributed by atoms with Gasteiger partial charge >= 0.3 is 5.97 Å². The predicted molar refractivity (Wildman–Crippen MR) is 104 cm³/mol. The molecule has 0 aromatic heterocycles. The minimum atomic E-state index is -0.604. The Morgan fingerprint density at radius 2 is 1.88 bits per heavy atom. The monoisotopic (exact) mass is 393 g/mol. The molecule has 0 saturated carbocycles. The second-order valence-electron chi connectivity index (χ2n) is 5.18. The van der Waals surface area contributed by atoms with Gasteiger partial charge in [0.2, 0.25) is 0 Å². The molecule has 1 aliphatic heterocycles. The van der Waals surface area contributed by atoms with E-state index in [2.05, 4.69) is 0 Å². The van der Waals surface area contributed by atoms with E-state index in [0.29, 0.717) is 15.2 Å². The highest BCUT2D eigenvalue weighted by Crippen LogP contribution is 2.45. The first-order valence-electron chi connectivity index (χ1n) is 7.46. The van der Waals surface area contributed by atoms with Crippen molar-refractivity contribution in [2.24, 2.45) is 0 Å². The van der Waals surface area contributed by atoms with Crippen LogP contribution in [0.15, 0.2) is 47.4 Å². The number of rotatable bonds is 5. The highest BCUT2D eigenvalue weighted by Gasteiger charge is 2.20. The molecule has 1 heterocycles. The molecule has 1 aliphatic rings. The van der Waals surface area contributed by atoms with Crippen LogP contribution >= 0.6 is 35.3 Å². The fourth-order valence-corrected chi connectivity index (χ4v) is 5.78. The van der Waals surface area contributed by atoms with Gasteiger partial charge in [-0.25, -0.2) is 4.79 Å². The minimum absolute atomic E-state index is 0.0902. The van der Waals surface area contributed by atoms with E-state index < -0.39 is 10.9 Å². The van der Waals surface area contributed by atoms with Crippen LogP contribution in [-0.4, -0.2) is 28.7 Å². The summed E-state index contributed by atoms with van der Waals surface area (Å²) in [6, 6.07) is 11.8. The summed E-state index contributed by atoms with van der Waals surface area (Å²) in [6.45, 7) is 0. The molecule has 25 heavy (non-hydrogen) atoms. The van der Waals surface area contributed by atoms with Gasteiger partial charge in [0.05, 0.1) is 20.0 Å². The van der Waals surface area contributed by atoms with Gasteiger partial charge in [0, 0.05) is 17.6 Å². The van der Waals surface area contributed by atoms with Gasteiger partial charge < -0.3 is 4.74 Å². The Morgan fingerprint density at radius 1 is 1.20 bits per heavy atom. The van der Waals surface area contributed by atoms with E-state index in [1.165, 1.54) is 23.4 Å². The summed E-state index contributed by atoms with van der Waals surface area (Å²) in [4.78, 5) is 23.4. The molecule has 0 aliphatic carbocycles. The number of nitro benzene ring substituents is 1. The van der Waals surface area contributed by atoms with Crippen molar-refractivity contribution >= 4 is 46.9 Å². The van der Waals surface area contributed by atoms with Crippen LogP contribution in [0, 0.1) is 10.1 Å². The minimum Gasteiger partial charge on any atom is -0.423 e. The summed E-state index contributed by atoms with van der Waals surface area (Å²) in [5, 5.41) is 11.1. The molecule has 0 N–H and O–H groups in total. The molecule has 8 heteroatoms. The number of hydrogen-bond donors (Lipinski definition) is 0. The Labute approximate surface area is 158 Å². The Balaban J connectivity index is 1.73. The SMILES string of the molecule is CSc1ccc(C(=O)Oc2ccc(C3SCCS3)cc2)cc1[N+](=O)[O-]. The first-order chi connectivity index (χ1) is 12.1. The number of carbonyl (C=O) groups is 1. The molecule has 3 rings (SSSR count). The first-order valence-corrected chi connectivity index (χ1v) is 10.8. The molecule has 2 aromatic rings. The van der Waals surface area contributed by atoms with Crippen LogP contribution in [0.1, 0.15) is 20.5 Å². The zero-order valence-electron chi connectivity index (χ0n) is 13.3. The van der Waals surface area contributed by atoms with Crippen LogP contribution in [0.2, 0.25) is 0 Å². The van der Waals surface area contributed by atoms with E-state index in [1.54, 1.807) is 30.5 Å². The van der Waals surface area contributed by atoms with Crippen molar-refractivity contribution in [2.75, 3.05) is 17.8 Å². The molecule has 2 aromatic carbocycles. The first kappa shape index (κ1) is 18.2. The van der Waals surface area contributed by atoms with Gasteiger partial charge in [-0.3, -0.25) is 10.1 Å². The lowest BCUT2D eigenvalue weighted by Crippen LogP contribution is -2.09. The molecule has 5 nitrogen and oxygen atoms in total. The van der Waals surface area contributed by atoms with Crippen LogP contribution in [0.25, 0.3) is 0 Å². The molecule has 130 valence electrons. The molecule has 1 saturated heterocycles. The number of nitro groups is 1. The molecule has 0 bridgehead atoms. The molecule has 1 fully saturated rings. The highest BCUT2D eigenvalue weighted by atomic mass is 32.2. The van der Waals surface area contributed by atoms with Gasteiger partial charge in [-0.15, -0.1) is 35.3 Å². The number of thioether (sulfide) groups is 3. The Morgan fingerprint density at radius 3 is 2.48 bits per heavy atom. The largest absolute Gasteiger partial charge is 0.423 e. The number of nitrogens with zero attached hydrogens (tertiary/aromatic N) is 1. The molecule has 0 atom stereocenters. The second kappa shape index (κ2) is 8.16. The molecule has 0 radical (unpaired) electrons. The molecular formula is C17H15NO4S3. The van der Waals surface area contributed by atoms with E-state index in [-0.39, 0.29) is 11.3 Å². The highest BCUT2D eigenvalue weighted by molar-refractivity contribution is 8.19. The quantitative estimate of drug-likeness (QED) is 0.232. The lowest BCUT2D eigenvalue weighted by atomic mass is 10.2. The molecule has 0 spiro atoms. The van der Waals surface area contributed by atoms with Crippen LogP contribution in [0.5, 0.6) is 5.75 Å². The van der Waals surface area contributed by atoms with E-state index in [0.717, 1.165) is 11.5 Å². The van der Waals surface area contributed by atoms with Crippen molar-refractivity contribution in [1.29, 1.82) is 0 Å². The van der Waals surface area contributed by atoms with Crippen molar-refractivity contribution in [3.63, 3.8) is 0 Å². The number of ether oxygens (including phenoxy) is 1. The smallest absolute Gasteiger partial charge is 0.343 e. The van der Waals surface area contributed by atoms with Crippen LogP contribution in [0.3, 0.4) is 0 Å². The van der Waals surface area contributed by atoms with Crippen molar-refractivity contribution in [1.82, 2.24) is 0 Å². The zero-order chi connectivity index (χ0) is 17.8. The normalized spacial score (nSPS) is 14.4. The Kier molecular flexibility index (Phi) is 5.93. The average Bonchev–Trinajstić information content (AvgIpc) is 3.16. The number of benzene rings is 2. The third-order valence-electron chi connectivity index (χ3n) is 3.60. The van der Waals surface area contributed by atoms with E-state index >= 15 is 0 Å². The summed E-state index contributed by atoms with van der Waals surface area (Å²) < 4.78 is 5.78. The number of esters is 1. The van der Waals surface area contributed by atoms with Gasteiger partial charge in [0.1, 0.15) is 5.75 Å². The van der Waals surface area contributed by atoms with Crippen molar-refractivity contribution in [3.05, 3.63) is 63.7 Å².